The first-order chi connectivity index (χ1) is 18.7. The van der Waals surface area contributed by atoms with Gasteiger partial charge in [-0.1, -0.05) is 36.8 Å². The lowest BCUT2D eigenvalue weighted by molar-refractivity contribution is -0.127. The van der Waals surface area contributed by atoms with Crippen molar-refractivity contribution < 1.29 is 23.9 Å². The molecule has 2 unspecified atom stereocenters. The van der Waals surface area contributed by atoms with Crippen LogP contribution in [0.1, 0.15) is 69.5 Å². The van der Waals surface area contributed by atoms with Crippen LogP contribution < -0.4 is 15.5 Å². The molecule has 2 N–H and O–H groups in total. The van der Waals surface area contributed by atoms with Gasteiger partial charge in [-0.3, -0.25) is 9.59 Å². The summed E-state index contributed by atoms with van der Waals surface area (Å²) in [6, 6.07) is 14.2. The fourth-order valence-electron chi connectivity index (χ4n) is 4.29. The molecule has 8 nitrogen and oxygen atoms in total. The van der Waals surface area contributed by atoms with Crippen molar-refractivity contribution in [1.29, 1.82) is 0 Å². The molecular formula is C30H33N3O5S. The lowest BCUT2D eigenvalue weighted by Gasteiger charge is -2.18. The Kier molecular flexibility index (Phi) is 9.14. The molecule has 0 radical (unpaired) electrons. The number of hydrogen-bond donors (Lipinski definition) is 2. The maximum Gasteiger partial charge on any atom is 0.341 e. The number of nitrogens with zero attached hydrogens (tertiary/aromatic N) is 1. The van der Waals surface area contributed by atoms with Crippen LogP contribution >= 0.6 is 11.3 Å². The molecule has 0 spiro atoms. The summed E-state index contributed by atoms with van der Waals surface area (Å²) < 4.78 is 11.0. The van der Waals surface area contributed by atoms with Crippen LogP contribution in [0.25, 0.3) is 0 Å². The number of fused-ring (bicyclic) bond motifs is 1. The molecule has 39 heavy (non-hydrogen) atoms. The zero-order chi connectivity index (χ0) is 27.9. The van der Waals surface area contributed by atoms with Crippen LogP contribution in [0.15, 0.2) is 53.6 Å². The second kappa shape index (κ2) is 12.7. The number of nitrogens with one attached hydrogen (secondary N) is 2. The predicted octanol–water partition coefficient (Wildman–Crippen LogP) is 5.53. The molecule has 1 aromatic heterocycles. The standard InChI is InChI=1S/C30H33N3O5S/c1-5-37-30(36)26-24-15-8-19(3)16-25(24)39-29(26)32-28(35)22-11-13-23(14-12-22)38-20(4)27(34)33-31-17-21-9-6-18(2)7-10-21/h6-7,9-14,17,19-20H,5,8,15-16H2,1-4H3,(H,32,35)(H,33,34). The zero-order valence-corrected chi connectivity index (χ0v) is 23.4. The number of carbonyl (C=O) groups is 3. The number of hydrogen-bond acceptors (Lipinski definition) is 7. The SMILES string of the molecule is CCOC(=O)c1c(NC(=O)c2ccc(OC(C)C(=O)NN=Cc3ccc(C)cc3)cc2)sc2c1CCC(C)C2. The van der Waals surface area contributed by atoms with E-state index in [1.807, 2.05) is 31.2 Å². The summed E-state index contributed by atoms with van der Waals surface area (Å²) in [5, 5.41) is 7.42. The summed E-state index contributed by atoms with van der Waals surface area (Å²) in [6.07, 6.45) is 3.45. The fourth-order valence-corrected chi connectivity index (χ4v) is 5.68. The van der Waals surface area contributed by atoms with E-state index in [1.165, 1.54) is 11.3 Å². The van der Waals surface area contributed by atoms with Crippen molar-refractivity contribution in [3.05, 3.63) is 81.2 Å². The van der Waals surface area contributed by atoms with Crippen molar-refractivity contribution in [2.45, 2.75) is 53.1 Å². The zero-order valence-electron chi connectivity index (χ0n) is 22.6. The van der Waals surface area contributed by atoms with Crippen LogP contribution in [-0.2, 0) is 22.4 Å². The normalized spacial score (nSPS) is 15.3. The van der Waals surface area contributed by atoms with Gasteiger partial charge in [0.1, 0.15) is 10.8 Å². The smallest absolute Gasteiger partial charge is 0.341 e. The average Bonchev–Trinajstić information content (AvgIpc) is 3.27. The molecule has 0 saturated carbocycles. The molecule has 4 rings (SSSR count). The van der Waals surface area contributed by atoms with Gasteiger partial charge in [-0.15, -0.1) is 11.3 Å². The molecule has 0 fully saturated rings. The van der Waals surface area contributed by atoms with Crippen molar-refractivity contribution in [3.8, 4) is 5.75 Å². The molecule has 0 bridgehead atoms. The minimum Gasteiger partial charge on any atom is -0.481 e. The Morgan fingerprint density at radius 2 is 1.85 bits per heavy atom. The maximum atomic E-state index is 13.0. The Bertz CT molecular complexity index is 1360. The summed E-state index contributed by atoms with van der Waals surface area (Å²) in [5.74, 6) is -0.173. The van der Waals surface area contributed by atoms with Gasteiger partial charge >= 0.3 is 5.97 Å². The lowest BCUT2D eigenvalue weighted by Crippen LogP contribution is -2.33. The molecular weight excluding hydrogens is 514 g/mol. The number of amides is 2. The molecule has 3 aromatic rings. The first-order valence-corrected chi connectivity index (χ1v) is 13.9. The number of rotatable bonds is 9. The minimum absolute atomic E-state index is 0.268. The highest BCUT2D eigenvalue weighted by atomic mass is 32.1. The van der Waals surface area contributed by atoms with Crippen LogP contribution in [0.5, 0.6) is 5.75 Å². The van der Waals surface area contributed by atoms with Gasteiger partial charge in [-0.2, -0.15) is 5.10 Å². The molecule has 2 atom stereocenters. The highest BCUT2D eigenvalue weighted by molar-refractivity contribution is 7.17. The van der Waals surface area contributed by atoms with Crippen molar-refractivity contribution in [2.75, 3.05) is 11.9 Å². The van der Waals surface area contributed by atoms with Crippen LogP contribution in [0.3, 0.4) is 0 Å². The molecule has 2 amide bonds. The number of ether oxygens (including phenoxy) is 2. The van der Waals surface area contributed by atoms with Gasteiger partial charge in [0.2, 0.25) is 0 Å². The van der Waals surface area contributed by atoms with E-state index in [1.54, 1.807) is 44.3 Å². The minimum atomic E-state index is -0.799. The van der Waals surface area contributed by atoms with Crippen molar-refractivity contribution in [2.24, 2.45) is 11.0 Å². The van der Waals surface area contributed by atoms with E-state index < -0.39 is 18.0 Å². The lowest BCUT2D eigenvalue weighted by atomic mass is 9.88. The van der Waals surface area contributed by atoms with E-state index in [-0.39, 0.29) is 12.5 Å². The van der Waals surface area contributed by atoms with Gasteiger partial charge < -0.3 is 14.8 Å². The molecule has 0 aliphatic heterocycles. The summed E-state index contributed by atoms with van der Waals surface area (Å²) in [7, 11) is 0. The quantitative estimate of drug-likeness (QED) is 0.208. The second-order valence-electron chi connectivity index (χ2n) is 9.66. The number of benzene rings is 2. The van der Waals surface area contributed by atoms with Crippen LogP contribution in [-0.4, -0.2) is 36.7 Å². The summed E-state index contributed by atoms with van der Waals surface area (Å²) in [6.45, 7) is 7.85. The summed E-state index contributed by atoms with van der Waals surface area (Å²) in [4.78, 5) is 39.3. The van der Waals surface area contributed by atoms with E-state index >= 15 is 0 Å². The Balaban J connectivity index is 1.37. The second-order valence-corrected chi connectivity index (χ2v) is 10.8. The summed E-state index contributed by atoms with van der Waals surface area (Å²) >= 11 is 1.45. The van der Waals surface area contributed by atoms with E-state index in [0.717, 1.165) is 40.8 Å². The molecule has 0 saturated heterocycles. The van der Waals surface area contributed by atoms with E-state index in [4.69, 9.17) is 9.47 Å². The predicted molar refractivity (Wildman–Crippen MR) is 153 cm³/mol. The number of carbonyl (C=O) groups excluding carboxylic acids is 3. The largest absolute Gasteiger partial charge is 0.481 e. The van der Waals surface area contributed by atoms with Crippen molar-refractivity contribution in [3.63, 3.8) is 0 Å². The topological polar surface area (TPSA) is 106 Å². The monoisotopic (exact) mass is 547 g/mol. The first kappa shape index (κ1) is 28.0. The third kappa shape index (κ3) is 7.11. The average molecular weight is 548 g/mol. The fraction of sp³-hybridized carbons (Fsp3) is 0.333. The molecule has 2 aromatic carbocycles. The number of anilines is 1. The highest BCUT2D eigenvalue weighted by Gasteiger charge is 2.29. The summed E-state index contributed by atoms with van der Waals surface area (Å²) in [5.41, 5.74) is 6.35. The van der Waals surface area contributed by atoms with Crippen molar-refractivity contribution in [1.82, 2.24) is 5.43 Å². The number of thiophene rings is 1. The Morgan fingerprint density at radius 3 is 2.54 bits per heavy atom. The molecule has 1 heterocycles. The van der Waals surface area contributed by atoms with Gasteiger partial charge in [0.15, 0.2) is 6.10 Å². The van der Waals surface area contributed by atoms with E-state index in [9.17, 15) is 14.4 Å². The van der Waals surface area contributed by atoms with Crippen LogP contribution in [0.2, 0.25) is 0 Å². The van der Waals surface area contributed by atoms with Crippen molar-refractivity contribution >= 4 is 40.3 Å². The van der Waals surface area contributed by atoms with Gasteiger partial charge in [0.05, 0.1) is 18.4 Å². The Hall–Kier alpha value is -3.98. The molecule has 9 heteroatoms. The Morgan fingerprint density at radius 1 is 1.13 bits per heavy atom. The van der Waals surface area contributed by atoms with E-state index in [2.05, 4.69) is 22.8 Å². The van der Waals surface area contributed by atoms with Gasteiger partial charge in [0, 0.05) is 10.4 Å². The van der Waals surface area contributed by atoms with Gasteiger partial charge in [-0.25, -0.2) is 10.2 Å². The number of aryl methyl sites for hydroxylation is 1. The number of esters is 1. The molecule has 204 valence electrons. The third-order valence-corrected chi connectivity index (χ3v) is 7.65. The van der Waals surface area contributed by atoms with Crippen LogP contribution in [0, 0.1) is 12.8 Å². The van der Waals surface area contributed by atoms with Crippen LogP contribution in [0.4, 0.5) is 5.00 Å². The molecule has 1 aliphatic rings. The molecule has 1 aliphatic carbocycles. The number of hydrazone groups is 1. The first-order valence-electron chi connectivity index (χ1n) is 13.0. The van der Waals surface area contributed by atoms with Gasteiger partial charge in [-0.05, 0) is 81.3 Å². The van der Waals surface area contributed by atoms with Gasteiger partial charge in [0.25, 0.3) is 11.8 Å². The third-order valence-electron chi connectivity index (χ3n) is 6.48. The maximum absolute atomic E-state index is 13.0. The highest BCUT2D eigenvalue weighted by Crippen LogP contribution is 2.40. The van der Waals surface area contributed by atoms with E-state index in [0.29, 0.717) is 27.8 Å². The Labute approximate surface area is 232 Å².